The van der Waals surface area contributed by atoms with Crippen LogP contribution >= 0.6 is 0 Å². The van der Waals surface area contributed by atoms with Crippen molar-refractivity contribution in [1.82, 2.24) is 19.7 Å². The van der Waals surface area contributed by atoms with Gasteiger partial charge in [-0.25, -0.2) is 0 Å². The highest BCUT2D eigenvalue weighted by molar-refractivity contribution is 5.78. The summed E-state index contributed by atoms with van der Waals surface area (Å²) < 4.78 is 1.87. The van der Waals surface area contributed by atoms with Gasteiger partial charge in [-0.1, -0.05) is 13.8 Å². The van der Waals surface area contributed by atoms with E-state index in [2.05, 4.69) is 40.4 Å². The summed E-state index contributed by atoms with van der Waals surface area (Å²) in [7, 11) is 1.96. The van der Waals surface area contributed by atoms with Crippen LogP contribution in [0.4, 0.5) is 5.69 Å². The topological polar surface area (TPSA) is 55.6 Å². The zero-order valence-corrected chi connectivity index (χ0v) is 12.5. The molecule has 0 spiro atoms. The Bertz CT molecular complexity index is 760. The minimum Gasteiger partial charge on any atom is -0.381 e. The Morgan fingerprint density at radius 1 is 1.14 bits per heavy atom. The maximum absolute atomic E-state index is 4.53. The van der Waals surface area contributed by atoms with Gasteiger partial charge in [0.1, 0.15) is 0 Å². The molecule has 0 saturated carbocycles. The summed E-state index contributed by atoms with van der Waals surface area (Å²) in [5, 5.41) is 7.97. The average Bonchev–Trinajstić information content (AvgIpc) is 2.86. The summed E-state index contributed by atoms with van der Waals surface area (Å²) in [5.74, 6) is 0.422. The fourth-order valence-electron chi connectivity index (χ4n) is 2.45. The zero-order valence-electron chi connectivity index (χ0n) is 12.5. The fraction of sp³-hybridized carbons (Fsp3) is 0.312. The maximum Gasteiger partial charge on any atom is 0.0907 e. The second kappa shape index (κ2) is 5.52. The molecular formula is C16H19N5. The molecule has 1 N–H and O–H groups in total. The molecule has 0 bridgehead atoms. The van der Waals surface area contributed by atoms with E-state index in [1.807, 2.05) is 29.9 Å². The van der Waals surface area contributed by atoms with Crippen LogP contribution in [0, 0.1) is 0 Å². The molecule has 0 radical (unpaired) electrons. The molecule has 21 heavy (non-hydrogen) atoms. The van der Waals surface area contributed by atoms with Crippen LogP contribution < -0.4 is 5.32 Å². The number of aromatic nitrogens is 4. The lowest BCUT2D eigenvalue weighted by Crippen LogP contribution is -2.02. The van der Waals surface area contributed by atoms with Crippen molar-refractivity contribution in [3.8, 4) is 0 Å². The number of anilines is 1. The minimum atomic E-state index is 0.422. The molecule has 0 atom stereocenters. The molecule has 0 aliphatic heterocycles. The van der Waals surface area contributed by atoms with Crippen LogP contribution in [0.2, 0.25) is 0 Å². The zero-order chi connectivity index (χ0) is 14.8. The summed E-state index contributed by atoms with van der Waals surface area (Å²) in [5.41, 5.74) is 5.23. The van der Waals surface area contributed by atoms with Gasteiger partial charge in [-0.2, -0.15) is 5.10 Å². The lowest BCUT2D eigenvalue weighted by molar-refractivity contribution is 0.712. The smallest absolute Gasteiger partial charge is 0.0907 e. The SMILES string of the molecule is CC(C)c1nn(C)cc1CNc1ccc2nccnc2c1. The van der Waals surface area contributed by atoms with Gasteiger partial charge >= 0.3 is 0 Å². The predicted molar refractivity (Wildman–Crippen MR) is 84.2 cm³/mol. The van der Waals surface area contributed by atoms with Gasteiger partial charge in [0.05, 0.1) is 16.7 Å². The molecule has 0 amide bonds. The van der Waals surface area contributed by atoms with Gasteiger partial charge in [0.15, 0.2) is 0 Å². The third kappa shape index (κ3) is 2.86. The number of hydrogen-bond donors (Lipinski definition) is 1. The van der Waals surface area contributed by atoms with Gasteiger partial charge in [-0.15, -0.1) is 0 Å². The van der Waals surface area contributed by atoms with Crippen molar-refractivity contribution in [3.63, 3.8) is 0 Å². The van der Waals surface area contributed by atoms with Gasteiger partial charge in [-0.3, -0.25) is 14.6 Å². The summed E-state index contributed by atoms with van der Waals surface area (Å²) in [6.45, 7) is 5.09. The highest BCUT2D eigenvalue weighted by Crippen LogP contribution is 2.20. The Morgan fingerprint density at radius 3 is 2.67 bits per heavy atom. The third-order valence-corrected chi connectivity index (χ3v) is 3.44. The van der Waals surface area contributed by atoms with Gasteiger partial charge in [-0.05, 0) is 24.1 Å². The lowest BCUT2D eigenvalue weighted by atomic mass is 10.1. The molecule has 2 heterocycles. The van der Waals surface area contributed by atoms with E-state index in [9.17, 15) is 0 Å². The van der Waals surface area contributed by atoms with Crippen molar-refractivity contribution in [2.45, 2.75) is 26.3 Å². The van der Waals surface area contributed by atoms with Crippen LogP contribution in [-0.4, -0.2) is 19.7 Å². The van der Waals surface area contributed by atoms with Crippen molar-refractivity contribution in [2.75, 3.05) is 5.32 Å². The van der Waals surface area contributed by atoms with Crippen LogP contribution in [0.25, 0.3) is 11.0 Å². The summed E-state index contributed by atoms with van der Waals surface area (Å²) in [6, 6.07) is 6.04. The highest BCUT2D eigenvalue weighted by Gasteiger charge is 2.11. The largest absolute Gasteiger partial charge is 0.381 e. The molecule has 5 heteroatoms. The van der Waals surface area contributed by atoms with Crippen molar-refractivity contribution in [2.24, 2.45) is 7.05 Å². The quantitative estimate of drug-likeness (QED) is 0.798. The standard InChI is InChI=1S/C16H19N5/c1-11(2)16-12(10-21(3)20-16)9-19-13-4-5-14-15(8-13)18-7-6-17-14/h4-8,10-11,19H,9H2,1-3H3. The Morgan fingerprint density at radius 2 is 1.90 bits per heavy atom. The number of fused-ring (bicyclic) bond motifs is 1. The van der Waals surface area contributed by atoms with Crippen LogP contribution in [-0.2, 0) is 13.6 Å². The monoisotopic (exact) mass is 281 g/mol. The van der Waals surface area contributed by atoms with Gasteiger partial charge < -0.3 is 5.32 Å². The van der Waals surface area contributed by atoms with Crippen LogP contribution in [0.5, 0.6) is 0 Å². The third-order valence-electron chi connectivity index (χ3n) is 3.44. The van der Waals surface area contributed by atoms with Crippen molar-refractivity contribution >= 4 is 16.7 Å². The number of hydrogen-bond acceptors (Lipinski definition) is 4. The van der Waals surface area contributed by atoms with Crippen molar-refractivity contribution in [1.29, 1.82) is 0 Å². The number of rotatable bonds is 4. The van der Waals surface area contributed by atoms with Crippen LogP contribution in [0.1, 0.15) is 31.0 Å². The van der Waals surface area contributed by atoms with Crippen LogP contribution in [0.15, 0.2) is 36.8 Å². The Hall–Kier alpha value is -2.43. The molecule has 1 aromatic carbocycles. The first-order chi connectivity index (χ1) is 10.1. The summed E-state index contributed by atoms with van der Waals surface area (Å²) >= 11 is 0. The van der Waals surface area contributed by atoms with E-state index in [1.54, 1.807) is 12.4 Å². The molecule has 3 rings (SSSR count). The van der Waals surface area contributed by atoms with Gasteiger partial charge in [0.2, 0.25) is 0 Å². The van der Waals surface area contributed by atoms with E-state index < -0.39 is 0 Å². The molecule has 0 aliphatic rings. The number of aryl methyl sites for hydroxylation is 1. The van der Waals surface area contributed by atoms with E-state index in [1.165, 1.54) is 5.56 Å². The maximum atomic E-state index is 4.53. The van der Waals surface area contributed by atoms with Crippen molar-refractivity contribution in [3.05, 3.63) is 48.0 Å². The second-order valence-corrected chi connectivity index (χ2v) is 5.48. The van der Waals surface area contributed by atoms with Gasteiger partial charge in [0.25, 0.3) is 0 Å². The molecule has 0 saturated heterocycles. The molecule has 0 aliphatic carbocycles. The van der Waals surface area contributed by atoms with E-state index >= 15 is 0 Å². The van der Waals surface area contributed by atoms with Gasteiger partial charge in [0, 0.05) is 43.4 Å². The Kier molecular flexibility index (Phi) is 3.56. The molecule has 5 nitrogen and oxygen atoms in total. The number of nitrogens with one attached hydrogen (secondary N) is 1. The average molecular weight is 281 g/mol. The first kappa shape index (κ1) is 13.5. The minimum absolute atomic E-state index is 0.422. The molecule has 0 fully saturated rings. The second-order valence-electron chi connectivity index (χ2n) is 5.48. The number of nitrogens with zero attached hydrogens (tertiary/aromatic N) is 4. The Labute approximate surface area is 124 Å². The summed E-state index contributed by atoms with van der Waals surface area (Å²) in [4.78, 5) is 8.61. The molecular weight excluding hydrogens is 262 g/mol. The fourth-order valence-corrected chi connectivity index (χ4v) is 2.45. The van der Waals surface area contributed by atoms with E-state index in [0.717, 1.165) is 29.0 Å². The number of benzene rings is 1. The summed E-state index contributed by atoms with van der Waals surface area (Å²) in [6.07, 6.45) is 5.49. The van der Waals surface area contributed by atoms with E-state index in [4.69, 9.17) is 0 Å². The van der Waals surface area contributed by atoms with Crippen molar-refractivity contribution < 1.29 is 0 Å². The first-order valence-corrected chi connectivity index (χ1v) is 7.10. The van der Waals surface area contributed by atoms with Crippen LogP contribution in [0.3, 0.4) is 0 Å². The highest BCUT2D eigenvalue weighted by atomic mass is 15.3. The molecule has 2 aromatic heterocycles. The molecule has 3 aromatic rings. The van der Waals surface area contributed by atoms with E-state index in [-0.39, 0.29) is 0 Å². The Balaban J connectivity index is 1.80. The molecule has 108 valence electrons. The van der Waals surface area contributed by atoms with E-state index in [0.29, 0.717) is 5.92 Å². The predicted octanol–water partition coefficient (Wildman–Crippen LogP) is 3.10. The normalized spacial score (nSPS) is 11.2. The molecule has 0 unspecified atom stereocenters. The lowest BCUT2D eigenvalue weighted by Gasteiger charge is -2.08. The first-order valence-electron chi connectivity index (χ1n) is 7.10.